The number of amides is 1. The summed E-state index contributed by atoms with van der Waals surface area (Å²) in [6.07, 6.45) is -11.0. The number of hydrogen-bond acceptors (Lipinski definition) is 3. The third kappa shape index (κ3) is 3.61. The van der Waals surface area contributed by atoms with Gasteiger partial charge in [-0.1, -0.05) is 18.2 Å². The van der Waals surface area contributed by atoms with Gasteiger partial charge in [-0.3, -0.25) is 4.79 Å². The largest absolute Gasteiger partial charge is 0.460 e. The van der Waals surface area contributed by atoms with Crippen LogP contribution in [0, 0.1) is 0 Å². The average Bonchev–Trinajstić information content (AvgIpc) is 2.56. The van der Waals surface area contributed by atoms with E-state index in [1.807, 2.05) is 0 Å². The summed E-state index contributed by atoms with van der Waals surface area (Å²) < 4.78 is 93.8. The number of halogens is 7. The summed E-state index contributed by atoms with van der Waals surface area (Å²) in [6, 6.07) is 6.00. The molecule has 0 aliphatic carbocycles. The van der Waals surface area contributed by atoms with Crippen molar-refractivity contribution in [2.45, 2.75) is 43.0 Å². The average molecular weight is 387 g/mol. The highest BCUT2D eigenvalue weighted by Crippen LogP contribution is 2.50. The Balaban J connectivity index is 2.06. The van der Waals surface area contributed by atoms with Crippen LogP contribution in [0.15, 0.2) is 30.3 Å². The Kier molecular flexibility index (Phi) is 5.20. The minimum Gasteiger partial charge on any atom is -0.454 e. The highest BCUT2D eigenvalue weighted by molar-refractivity contribution is 5.96. The van der Waals surface area contributed by atoms with E-state index in [0.717, 1.165) is 0 Å². The molecule has 26 heavy (non-hydrogen) atoms. The molecule has 1 aromatic carbocycles. The van der Waals surface area contributed by atoms with Gasteiger partial charge in [0.05, 0.1) is 0 Å². The van der Waals surface area contributed by atoms with E-state index in [-0.39, 0.29) is 5.56 Å². The minimum atomic E-state index is -6.51. The predicted molar refractivity (Wildman–Crippen MR) is 72.8 cm³/mol. The van der Waals surface area contributed by atoms with Crippen LogP contribution in [0.25, 0.3) is 0 Å². The molecule has 1 heterocycles. The quantitative estimate of drug-likeness (QED) is 0.637. The molecular weight excluding hydrogens is 375 g/mol. The Morgan fingerprint density at radius 1 is 1.00 bits per heavy atom. The Labute approximate surface area is 142 Å². The molecule has 0 bridgehead atoms. The van der Waals surface area contributed by atoms with Gasteiger partial charge in [-0.25, -0.2) is 4.79 Å². The molecule has 1 fully saturated rings. The van der Waals surface area contributed by atoms with Gasteiger partial charge in [-0.05, 0) is 25.0 Å². The molecule has 1 saturated heterocycles. The lowest BCUT2D eigenvalue weighted by atomic mass is 9.95. The van der Waals surface area contributed by atoms with Gasteiger partial charge in [0.2, 0.25) is 0 Å². The van der Waals surface area contributed by atoms with Crippen molar-refractivity contribution in [1.82, 2.24) is 5.32 Å². The second kappa shape index (κ2) is 6.76. The first-order chi connectivity index (χ1) is 11.9. The zero-order valence-corrected chi connectivity index (χ0v) is 12.8. The van der Waals surface area contributed by atoms with E-state index in [1.54, 1.807) is 6.07 Å². The Bertz CT molecular complexity index is 676. The monoisotopic (exact) mass is 387 g/mol. The minimum absolute atomic E-state index is 0.136. The van der Waals surface area contributed by atoms with Crippen LogP contribution in [-0.2, 0) is 9.53 Å². The molecule has 0 radical (unpaired) electrons. The molecule has 1 aromatic rings. The van der Waals surface area contributed by atoms with E-state index in [4.69, 9.17) is 0 Å². The van der Waals surface area contributed by atoms with Crippen LogP contribution in [-0.4, -0.2) is 42.0 Å². The van der Waals surface area contributed by atoms with Gasteiger partial charge in [0, 0.05) is 5.56 Å². The number of esters is 1. The number of hydrogen-bond donors (Lipinski definition) is 1. The number of carbonyl (C=O) groups is 2. The third-order valence-corrected chi connectivity index (χ3v) is 3.78. The lowest BCUT2D eigenvalue weighted by Crippen LogP contribution is -2.61. The van der Waals surface area contributed by atoms with Crippen molar-refractivity contribution in [3.8, 4) is 0 Å². The third-order valence-electron chi connectivity index (χ3n) is 3.78. The molecule has 4 nitrogen and oxygen atoms in total. The molecule has 1 N–H and O–H groups in total. The zero-order chi connectivity index (χ0) is 19.8. The number of rotatable bonds is 4. The summed E-state index contributed by atoms with van der Waals surface area (Å²) in [5.41, 5.74) is 0.136. The van der Waals surface area contributed by atoms with Crippen LogP contribution in [0.2, 0.25) is 0 Å². The zero-order valence-electron chi connectivity index (χ0n) is 12.8. The van der Waals surface area contributed by atoms with Crippen LogP contribution in [0.1, 0.15) is 23.2 Å². The molecule has 2 rings (SSSR count). The smallest absolute Gasteiger partial charge is 0.454 e. The molecule has 1 aliphatic heterocycles. The van der Waals surface area contributed by atoms with Gasteiger partial charge < -0.3 is 10.1 Å². The number of ether oxygens (including phenoxy) is 1. The Morgan fingerprint density at radius 2 is 1.58 bits per heavy atom. The van der Waals surface area contributed by atoms with Crippen LogP contribution in [0.3, 0.4) is 0 Å². The number of carbonyl (C=O) groups excluding carboxylic acids is 2. The summed E-state index contributed by atoms with van der Waals surface area (Å²) in [6.45, 7) is 0. The molecule has 0 unspecified atom stereocenters. The van der Waals surface area contributed by atoms with E-state index >= 15 is 0 Å². The van der Waals surface area contributed by atoms with Crippen LogP contribution >= 0.6 is 0 Å². The first-order valence-corrected chi connectivity index (χ1v) is 7.26. The maximum absolute atomic E-state index is 13.6. The second-order valence-corrected chi connectivity index (χ2v) is 5.59. The summed E-state index contributed by atoms with van der Waals surface area (Å²) >= 11 is 0. The maximum Gasteiger partial charge on any atom is 0.460 e. The highest BCUT2D eigenvalue weighted by atomic mass is 19.4. The van der Waals surface area contributed by atoms with Crippen molar-refractivity contribution >= 4 is 11.9 Å². The van der Waals surface area contributed by atoms with Gasteiger partial charge in [-0.2, -0.15) is 30.7 Å². The van der Waals surface area contributed by atoms with E-state index in [1.165, 1.54) is 24.3 Å². The number of cyclic esters (lactones) is 1. The van der Waals surface area contributed by atoms with Crippen molar-refractivity contribution in [2.24, 2.45) is 0 Å². The van der Waals surface area contributed by atoms with Gasteiger partial charge in [0.1, 0.15) is 6.04 Å². The number of benzene rings is 1. The first-order valence-electron chi connectivity index (χ1n) is 7.26. The molecule has 2 atom stereocenters. The molecule has 0 aromatic heterocycles. The van der Waals surface area contributed by atoms with Crippen molar-refractivity contribution in [1.29, 1.82) is 0 Å². The van der Waals surface area contributed by atoms with Crippen molar-refractivity contribution < 1.29 is 45.1 Å². The summed E-state index contributed by atoms with van der Waals surface area (Å²) in [5, 5.41) is 2.16. The molecular formula is C15H12F7NO3. The topological polar surface area (TPSA) is 55.4 Å². The fraction of sp³-hybridized carbons (Fsp3) is 0.467. The van der Waals surface area contributed by atoms with Gasteiger partial charge in [-0.15, -0.1) is 0 Å². The summed E-state index contributed by atoms with van der Waals surface area (Å²) in [5.74, 6) is -14.3. The highest BCUT2D eigenvalue weighted by Gasteiger charge is 2.76. The lowest BCUT2D eigenvalue weighted by molar-refractivity contribution is -0.372. The van der Waals surface area contributed by atoms with E-state index in [0.29, 0.717) is 0 Å². The Hall–Kier alpha value is -2.33. The van der Waals surface area contributed by atoms with E-state index in [2.05, 4.69) is 10.1 Å². The molecule has 11 heteroatoms. The van der Waals surface area contributed by atoms with Crippen LogP contribution in [0.5, 0.6) is 0 Å². The van der Waals surface area contributed by atoms with Crippen molar-refractivity contribution in [3.05, 3.63) is 35.9 Å². The standard InChI is InChI=1S/C15H12F7NO3/c16-13(17,14(18,19)15(20,21)22)10-7-6-9(12(25)26-10)23-11(24)8-4-2-1-3-5-8/h1-5,9-10H,6-7H2,(H,23,24)/t9-,10-/m1/s1. The molecule has 0 saturated carbocycles. The molecule has 1 amide bonds. The lowest BCUT2D eigenvalue weighted by Gasteiger charge is -2.37. The number of nitrogens with one attached hydrogen (secondary N) is 1. The molecule has 0 spiro atoms. The molecule has 1 aliphatic rings. The Morgan fingerprint density at radius 3 is 2.08 bits per heavy atom. The fourth-order valence-electron chi connectivity index (χ4n) is 2.33. The SMILES string of the molecule is O=C(N[C@@H]1CC[C@H](C(F)(F)C(F)(F)C(F)(F)F)OC1=O)c1ccccc1. The summed E-state index contributed by atoms with van der Waals surface area (Å²) in [7, 11) is 0. The van der Waals surface area contributed by atoms with E-state index < -0.39 is 54.9 Å². The van der Waals surface area contributed by atoms with Gasteiger partial charge >= 0.3 is 24.0 Å². The first kappa shape index (κ1) is 20.0. The maximum atomic E-state index is 13.6. The second-order valence-electron chi connectivity index (χ2n) is 5.59. The number of alkyl halides is 7. The van der Waals surface area contributed by atoms with Crippen LogP contribution < -0.4 is 5.32 Å². The van der Waals surface area contributed by atoms with Crippen molar-refractivity contribution in [2.75, 3.05) is 0 Å². The normalized spacial score (nSPS) is 21.9. The van der Waals surface area contributed by atoms with E-state index in [9.17, 15) is 40.3 Å². The van der Waals surface area contributed by atoms with Gasteiger partial charge in [0.25, 0.3) is 5.91 Å². The van der Waals surface area contributed by atoms with Crippen LogP contribution in [0.4, 0.5) is 30.7 Å². The predicted octanol–water partition coefficient (Wildman–Crippen LogP) is 3.32. The van der Waals surface area contributed by atoms with Gasteiger partial charge in [0.15, 0.2) is 6.10 Å². The fourth-order valence-corrected chi connectivity index (χ4v) is 2.33. The molecule has 144 valence electrons. The van der Waals surface area contributed by atoms with Crippen molar-refractivity contribution in [3.63, 3.8) is 0 Å². The summed E-state index contributed by atoms with van der Waals surface area (Å²) in [4.78, 5) is 23.6.